The molecule has 24 heavy (non-hydrogen) atoms. The van der Waals surface area contributed by atoms with Gasteiger partial charge in [0.1, 0.15) is 5.60 Å². The lowest BCUT2D eigenvalue weighted by molar-refractivity contribution is -0.386. The Morgan fingerprint density at radius 2 is 2.25 bits per heavy atom. The van der Waals surface area contributed by atoms with E-state index >= 15 is 0 Å². The maximum absolute atomic E-state index is 11.3. The van der Waals surface area contributed by atoms with Gasteiger partial charge in [0.15, 0.2) is 5.75 Å². The van der Waals surface area contributed by atoms with Gasteiger partial charge in [-0.25, -0.2) is 0 Å². The van der Waals surface area contributed by atoms with Crippen LogP contribution in [0, 0.1) is 16.0 Å². The Balaban J connectivity index is 2.02. The number of aromatic carboxylic acids is 1. The van der Waals surface area contributed by atoms with Crippen LogP contribution in [0.25, 0.3) is 0 Å². The van der Waals surface area contributed by atoms with E-state index in [1.54, 1.807) is 0 Å². The monoisotopic (exact) mass is 350 g/mol. The van der Waals surface area contributed by atoms with E-state index in [1.807, 2.05) is 11.8 Å². The molecule has 4 unspecified atom stereocenters. The summed E-state index contributed by atoms with van der Waals surface area (Å²) in [6.45, 7) is 4.19. The Labute approximate surface area is 144 Å². The number of fused-ring (bicyclic) bond motifs is 2. The third kappa shape index (κ3) is 2.75. The number of benzene rings is 1. The molecule has 0 radical (unpaired) electrons. The summed E-state index contributed by atoms with van der Waals surface area (Å²) in [7, 11) is 0. The third-order valence-corrected chi connectivity index (χ3v) is 7.09. The fraction of sp³-hybridized carbons (Fsp3) is 0.588. The smallest absolute Gasteiger partial charge is 0.310 e. The number of hydrogen-bond acceptors (Lipinski definition) is 6. The average molecular weight is 350 g/mol. The maximum atomic E-state index is 11.3. The number of nitro groups is 1. The second-order valence-corrected chi connectivity index (χ2v) is 8.13. The van der Waals surface area contributed by atoms with Gasteiger partial charge in [0.2, 0.25) is 0 Å². The van der Waals surface area contributed by atoms with Gasteiger partial charge in [0.25, 0.3) is 0 Å². The fourth-order valence-electron chi connectivity index (χ4n) is 3.85. The van der Waals surface area contributed by atoms with Crippen LogP contribution >= 0.6 is 11.8 Å². The van der Waals surface area contributed by atoms with Crippen LogP contribution in [0.15, 0.2) is 18.2 Å². The quantitative estimate of drug-likeness (QED) is 0.578. The number of carboxylic acids is 1. The zero-order chi connectivity index (χ0) is 17.5. The van der Waals surface area contributed by atoms with Crippen LogP contribution in [0.3, 0.4) is 0 Å². The molecular formula is C17H20NO5S-. The molecule has 2 bridgehead atoms. The van der Waals surface area contributed by atoms with Gasteiger partial charge in [-0.05, 0) is 37.3 Å². The first-order valence-corrected chi connectivity index (χ1v) is 9.16. The molecule has 0 N–H and O–H groups in total. The van der Waals surface area contributed by atoms with Crippen LogP contribution in [-0.4, -0.2) is 27.0 Å². The minimum atomic E-state index is -1.37. The molecule has 130 valence electrons. The van der Waals surface area contributed by atoms with E-state index in [0.717, 1.165) is 25.7 Å². The van der Waals surface area contributed by atoms with Crippen LogP contribution in [0.5, 0.6) is 5.75 Å². The van der Waals surface area contributed by atoms with Crippen molar-refractivity contribution in [2.75, 3.05) is 0 Å². The van der Waals surface area contributed by atoms with Crippen molar-refractivity contribution >= 4 is 23.4 Å². The van der Waals surface area contributed by atoms with Crippen molar-refractivity contribution in [3.8, 4) is 5.75 Å². The van der Waals surface area contributed by atoms with E-state index in [2.05, 4.69) is 13.8 Å². The van der Waals surface area contributed by atoms with E-state index in [1.165, 1.54) is 18.2 Å². The number of rotatable bonds is 6. The Morgan fingerprint density at radius 1 is 1.50 bits per heavy atom. The summed E-state index contributed by atoms with van der Waals surface area (Å²) in [5.74, 6) is -1.10. The number of nitrogens with zero attached hydrogens (tertiary/aromatic N) is 1. The summed E-state index contributed by atoms with van der Waals surface area (Å²) in [5, 5.41) is 23.3. The van der Waals surface area contributed by atoms with Crippen LogP contribution < -0.4 is 9.84 Å². The Hall–Kier alpha value is -1.76. The third-order valence-electron chi connectivity index (χ3n) is 5.34. The fourth-order valence-corrected chi connectivity index (χ4v) is 5.83. The molecule has 2 saturated heterocycles. The van der Waals surface area contributed by atoms with Crippen molar-refractivity contribution < 1.29 is 19.6 Å². The lowest BCUT2D eigenvalue weighted by Gasteiger charge is -2.41. The van der Waals surface area contributed by atoms with Gasteiger partial charge in [-0.15, -0.1) is 0 Å². The Bertz CT molecular complexity index is 679. The minimum absolute atomic E-state index is 0.0372. The first kappa shape index (κ1) is 17.1. The summed E-state index contributed by atoms with van der Waals surface area (Å²) >= 11 is 1.90. The highest BCUT2D eigenvalue weighted by atomic mass is 32.2. The molecule has 7 heteroatoms. The summed E-state index contributed by atoms with van der Waals surface area (Å²) in [6, 6.07) is 3.60. The van der Waals surface area contributed by atoms with Gasteiger partial charge < -0.3 is 14.6 Å². The molecule has 0 aromatic heterocycles. The predicted octanol–water partition coefficient (Wildman–Crippen LogP) is 2.79. The van der Waals surface area contributed by atoms with Crippen LogP contribution in [0.1, 0.15) is 49.9 Å². The molecule has 0 amide bonds. The van der Waals surface area contributed by atoms with E-state index in [-0.39, 0.29) is 22.9 Å². The molecule has 6 nitrogen and oxygen atoms in total. The number of nitro benzene ring substituents is 1. The zero-order valence-corrected chi connectivity index (χ0v) is 14.5. The highest BCUT2D eigenvalue weighted by Gasteiger charge is 2.56. The molecule has 1 aromatic carbocycles. The summed E-state index contributed by atoms with van der Waals surface area (Å²) in [4.78, 5) is 21.9. The van der Waals surface area contributed by atoms with Crippen molar-refractivity contribution in [1.82, 2.24) is 0 Å². The number of carbonyl (C=O) groups excluding carboxylic acids is 1. The summed E-state index contributed by atoms with van der Waals surface area (Å²) in [5.41, 5.74) is -0.779. The zero-order valence-electron chi connectivity index (χ0n) is 13.7. The van der Waals surface area contributed by atoms with Gasteiger partial charge in [0, 0.05) is 28.6 Å². The summed E-state index contributed by atoms with van der Waals surface area (Å²) < 4.78 is 6.28. The molecular weight excluding hydrogens is 330 g/mol. The van der Waals surface area contributed by atoms with Gasteiger partial charge in [-0.3, -0.25) is 10.1 Å². The van der Waals surface area contributed by atoms with Crippen molar-refractivity contribution in [2.24, 2.45) is 5.92 Å². The standard InChI is InChI=1S/C17H21NO5S/c1-3-10(2)17(9-12-5-7-15(17)24-12)23-14-8-11(16(19)20)4-6-13(14)18(21)22/h4,6,8,10,12,15H,3,5,7,9H2,1-2H3,(H,19,20)/p-1. The number of thioether (sulfide) groups is 1. The first-order chi connectivity index (χ1) is 11.4. The lowest BCUT2D eigenvalue weighted by Crippen LogP contribution is -2.50. The second kappa shape index (κ2) is 6.27. The van der Waals surface area contributed by atoms with E-state index < -0.39 is 16.5 Å². The van der Waals surface area contributed by atoms with E-state index in [9.17, 15) is 20.0 Å². The molecule has 0 aliphatic carbocycles. The van der Waals surface area contributed by atoms with Gasteiger partial charge in [0.05, 0.1) is 10.9 Å². The molecule has 2 fully saturated rings. The molecule has 3 rings (SSSR count). The molecule has 4 atom stereocenters. The first-order valence-electron chi connectivity index (χ1n) is 8.21. The van der Waals surface area contributed by atoms with Gasteiger partial charge >= 0.3 is 5.69 Å². The molecule has 0 saturated carbocycles. The Kier molecular flexibility index (Phi) is 4.46. The highest BCUT2D eigenvalue weighted by Crippen LogP contribution is 2.57. The average Bonchev–Trinajstić information content (AvgIpc) is 3.15. The Morgan fingerprint density at radius 3 is 2.75 bits per heavy atom. The molecule has 2 aliphatic rings. The number of hydrogen-bond donors (Lipinski definition) is 0. The van der Waals surface area contributed by atoms with Crippen molar-refractivity contribution in [3.63, 3.8) is 0 Å². The largest absolute Gasteiger partial charge is 0.545 e. The van der Waals surface area contributed by atoms with Crippen LogP contribution in [-0.2, 0) is 0 Å². The molecule has 2 heterocycles. The van der Waals surface area contributed by atoms with Gasteiger partial charge in [-0.2, -0.15) is 11.8 Å². The molecule has 0 spiro atoms. The number of ether oxygens (including phenoxy) is 1. The highest BCUT2D eigenvalue weighted by molar-refractivity contribution is 8.01. The van der Waals surface area contributed by atoms with E-state index in [4.69, 9.17) is 4.74 Å². The molecule has 2 aliphatic heterocycles. The topological polar surface area (TPSA) is 92.5 Å². The van der Waals surface area contributed by atoms with Crippen molar-refractivity contribution in [2.45, 2.75) is 55.6 Å². The minimum Gasteiger partial charge on any atom is -0.545 e. The van der Waals surface area contributed by atoms with Crippen molar-refractivity contribution in [1.29, 1.82) is 0 Å². The van der Waals surface area contributed by atoms with Gasteiger partial charge in [-0.1, -0.05) is 13.8 Å². The molecule has 1 aromatic rings. The summed E-state index contributed by atoms with van der Waals surface area (Å²) in [6.07, 6.45) is 3.94. The lowest BCUT2D eigenvalue weighted by atomic mass is 9.75. The SMILES string of the molecule is CCC(C)C1(Oc2cc(C(=O)[O-])ccc2[N+](=O)[O-])CC2CCC1S2. The van der Waals surface area contributed by atoms with Crippen molar-refractivity contribution in [3.05, 3.63) is 33.9 Å². The normalized spacial score (nSPS) is 29.4. The predicted molar refractivity (Wildman–Crippen MR) is 89.3 cm³/mol. The maximum Gasteiger partial charge on any atom is 0.310 e. The number of carboxylic acid groups (broad SMARTS) is 1. The van der Waals surface area contributed by atoms with Crippen LogP contribution in [0.4, 0.5) is 5.69 Å². The van der Waals surface area contributed by atoms with E-state index in [0.29, 0.717) is 10.5 Å². The van der Waals surface area contributed by atoms with Crippen LogP contribution in [0.2, 0.25) is 0 Å². The number of carbonyl (C=O) groups is 1. The second-order valence-electron chi connectivity index (χ2n) is 6.62.